The summed E-state index contributed by atoms with van der Waals surface area (Å²) in [6.07, 6.45) is 6.65. The quantitative estimate of drug-likeness (QED) is 0.722. The number of imidazole rings is 1. The third-order valence-electron chi connectivity index (χ3n) is 4.18. The molecule has 3 aliphatic rings. The monoisotopic (exact) mass is 278 g/mol. The molecule has 0 fully saturated rings. The van der Waals surface area contributed by atoms with E-state index in [4.69, 9.17) is 0 Å². The van der Waals surface area contributed by atoms with E-state index in [2.05, 4.69) is 56.9 Å². The minimum Gasteiger partial charge on any atom is -0.334 e. The molecule has 0 saturated carbocycles. The van der Waals surface area contributed by atoms with E-state index in [9.17, 15) is 0 Å². The highest BCUT2D eigenvalue weighted by molar-refractivity contribution is 5.63. The lowest BCUT2D eigenvalue weighted by atomic mass is 10.1. The first-order valence-corrected chi connectivity index (χ1v) is 7.66. The maximum atomic E-state index is 4.68. The molecule has 0 aliphatic carbocycles. The molecule has 0 spiro atoms. The molecule has 0 unspecified atom stereocenters. The van der Waals surface area contributed by atoms with Gasteiger partial charge in [-0.3, -0.25) is 0 Å². The first kappa shape index (κ1) is 12.5. The maximum Gasteiger partial charge on any atom is 0.183 e. The zero-order chi connectivity index (χ0) is 14.2. The fourth-order valence-electron chi connectivity index (χ4n) is 2.90. The molecule has 1 aromatic rings. The molecule has 1 aromatic carbocycles. The summed E-state index contributed by atoms with van der Waals surface area (Å²) in [5.41, 5.74) is 3.29. The van der Waals surface area contributed by atoms with E-state index in [0.717, 1.165) is 48.1 Å². The minimum atomic E-state index is 0.776. The molecule has 3 aliphatic heterocycles. The molecular weight excluding hydrogens is 260 g/mol. The van der Waals surface area contributed by atoms with Gasteiger partial charge in [0.1, 0.15) is 11.5 Å². The fourth-order valence-corrected chi connectivity index (χ4v) is 2.90. The van der Waals surface area contributed by atoms with E-state index in [0.29, 0.717) is 0 Å². The lowest BCUT2D eigenvalue weighted by molar-refractivity contribution is 0.507. The maximum absolute atomic E-state index is 4.68. The van der Waals surface area contributed by atoms with Crippen molar-refractivity contribution < 1.29 is 0 Å². The standard InChI is InChI=1S/C17H18N4/c1-2-12-6-8-13(9-7-12)16-18-14-11-21-10-4-3-5-15(21)19-17(14)20-16/h6-9,11H,2-5,10H2,1H3. The van der Waals surface area contributed by atoms with Crippen LogP contribution in [0.2, 0.25) is 0 Å². The van der Waals surface area contributed by atoms with E-state index in [1.54, 1.807) is 0 Å². The highest BCUT2D eigenvalue weighted by Crippen LogP contribution is 2.25. The van der Waals surface area contributed by atoms with Crippen molar-refractivity contribution in [1.82, 2.24) is 19.5 Å². The summed E-state index contributed by atoms with van der Waals surface area (Å²) in [6.45, 7) is 3.21. The molecule has 4 rings (SSSR count). The summed E-state index contributed by atoms with van der Waals surface area (Å²) in [5.74, 6) is 2.70. The average Bonchev–Trinajstić information content (AvgIpc) is 2.95. The number of nitrogens with zero attached hydrogens (tertiary/aromatic N) is 4. The second-order valence-electron chi connectivity index (χ2n) is 5.61. The molecule has 0 radical (unpaired) electrons. The Hall–Kier alpha value is -2.23. The van der Waals surface area contributed by atoms with Gasteiger partial charge in [0.15, 0.2) is 11.6 Å². The average molecular weight is 278 g/mol. The summed E-state index contributed by atoms with van der Waals surface area (Å²) in [6, 6.07) is 8.48. The van der Waals surface area contributed by atoms with Gasteiger partial charge in [0, 0.05) is 24.7 Å². The molecule has 21 heavy (non-hydrogen) atoms. The van der Waals surface area contributed by atoms with Gasteiger partial charge in [0.2, 0.25) is 0 Å². The van der Waals surface area contributed by atoms with Gasteiger partial charge in [-0.05, 0) is 24.8 Å². The third kappa shape index (κ3) is 2.20. The molecule has 0 N–H and O–H groups in total. The van der Waals surface area contributed by atoms with Crippen LogP contribution in [-0.4, -0.2) is 19.5 Å². The molecule has 4 heteroatoms. The highest BCUT2D eigenvalue weighted by atomic mass is 15.1. The number of fused-ring (bicyclic) bond motifs is 2. The van der Waals surface area contributed by atoms with Crippen molar-refractivity contribution in [2.45, 2.75) is 39.2 Å². The van der Waals surface area contributed by atoms with Gasteiger partial charge in [0.05, 0.1) is 0 Å². The summed E-state index contributed by atoms with van der Waals surface area (Å²) >= 11 is 0. The van der Waals surface area contributed by atoms with E-state index < -0.39 is 0 Å². The summed E-state index contributed by atoms with van der Waals surface area (Å²) < 4.78 is 2.23. The number of aryl methyl sites for hydroxylation is 3. The molecule has 106 valence electrons. The molecular formula is C17H18N4. The van der Waals surface area contributed by atoms with E-state index in [-0.39, 0.29) is 0 Å². The Balaban J connectivity index is 1.77. The molecule has 4 nitrogen and oxygen atoms in total. The van der Waals surface area contributed by atoms with Crippen LogP contribution >= 0.6 is 0 Å². The molecule has 3 heterocycles. The predicted octanol–water partition coefficient (Wildman–Crippen LogP) is 3.34. The Labute approximate surface area is 124 Å². The van der Waals surface area contributed by atoms with Crippen LogP contribution in [0.5, 0.6) is 0 Å². The van der Waals surface area contributed by atoms with E-state index in [1.165, 1.54) is 18.4 Å². The lowest BCUT2D eigenvalue weighted by Crippen LogP contribution is -2.15. The van der Waals surface area contributed by atoms with Gasteiger partial charge in [-0.25, -0.2) is 15.0 Å². The Bertz CT molecular complexity index is 702. The van der Waals surface area contributed by atoms with Crippen molar-refractivity contribution in [2.24, 2.45) is 0 Å². The lowest BCUT2D eigenvalue weighted by Gasteiger charge is -2.18. The van der Waals surface area contributed by atoms with Crippen LogP contribution in [0.3, 0.4) is 0 Å². The van der Waals surface area contributed by atoms with Crippen molar-refractivity contribution in [3.05, 3.63) is 41.9 Å². The van der Waals surface area contributed by atoms with Gasteiger partial charge in [-0.2, -0.15) is 0 Å². The summed E-state index contributed by atoms with van der Waals surface area (Å²) in [7, 11) is 0. The van der Waals surface area contributed by atoms with Gasteiger partial charge < -0.3 is 4.57 Å². The van der Waals surface area contributed by atoms with E-state index in [1.807, 2.05) is 0 Å². The van der Waals surface area contributed by atoms with Gasteiger partial charge in [-0.1, -0.05) is 31.2 Å². The Morgan fingerprint density at radius 3 is 2.67 bits per heavy atom. The smallest absolute Gasteiger partial charge is 0.183 e. The topological polar surface area (TPSA) is 43.6 Å². The van der Waals surface area contributed by atoms with Gasteiger partial charge in [0.25, 0.3) is 0 Å². The first-order valence-electron chi connectivity index (χ1n) is 7.66. The number of hydrogen-bond donors (Lipinski definition) is 0. The first-order chi connectivity index (χ1) is 10.3. The van der Waals surface area contributed by atoms with Crippen LogP contribution in [0, 0.1) is 0 Å². The molecule has 0 atom stereocenters. The zero-order valence-corrected chi connectivity index (χ0v) is 12.2. The highest BCUT2D eigenvalue weighted by Gasteiger charge is 2.18. The van der Waals surface area contributed by atoms with Gasteiger partial charge in [-0.15, -0.1) is 0 Å². The SMILES string of the molecule is CCc1ccc(-c2nc3cn4c(nc-3n2)CCCC4)cc1. The zero-order valence-electron chi connectivity index (χ0n) is 12.2. The normalized spacial score (nSPS) is 14.3. The number of benzene rings is 1. The van der Waals surface area contributed by atoms with Crippen LogP contribution in [-0.2, 0) is 19.4 Å². The Morgan fingerprint density at radius 2 is 1.86 bits per heavy atom. The molecule has 0 amide bonds. The second-order valence-corrected chi connectivity index (χ2v) is 5.61. The summed E-state index contributed by atoms with van der Waals surface area (Å²) in [5, 5.41) is 0. The molecule has 0 bridgehead atoms. The third-order valence-corrected chi connectivity index (χ3v) is 4.18. The largest absolute Gasteiger partial charge is 0.334 e. The molecule has 0 aromatic heterocycles. The van der Waals surface area contributed by atoms with Crippen LogP contribution in [0.25, 0.3) is 22.9 Å². The van der Waals surface area contributed by atoms with Gasteiger partial charge >= 0.3 is 0 Å². The molecule has 0 saturated heterocycles. The predicted molar refractivity (Wildman–Crippen MR) is 82.2 cm³/mol. The fraction of sp³-hybridized carbons (Fsp3) is 0.353. The van der Waals surface area contributed by atoms with Crippen LogP contribution in [0.15, 0.2) is 30.5 Å². The van der Waals surface area contributed by atoms with Crippen molar-refractivity contribution in [1.29, 1.82) is 0 Å². The minimum absolute atomic E-state index is 0.776. The van der Waals surface area contributed by atoms with Crippen LogP contribution < -0.4 is 0 Å². The Kier molecular flexibility index (Phi) is 2.95. The second kappa shape index (κ2) is 4.95. The number of rotatable bonds is 2. The van der Waals surface area contributed by atoms with E-state index >= 15 is 0 Å². The summed E-state index contributed by atoms with van der Waals surface area (Å²) in [4.78, 5) is 13.9. The van der Waals surface area contributed by atoms with Crippen molar-refractivity contribution in [3.8, 4) is 22.9 Å². The van der Waals surface area contributed by atoms with Crippen molar-refractivity contribution >= 4 is 0 Å². The van der Waals surface area contributed by atoms with Crippen LogP contribution in [0.1, 0.15) is 31.2 Å². The van der Waals surface area contributed by atoms with Crippen LogP contribution in [0.4, 0.5) is 0 Å². The number of hydrogen-bond acceptors (Lipinski definition) is 3. The Morgan fingerprint density at radius 1 is 1.00 bits per heavy atom. The number of aromatic nitrogens is 4. The van der Waals surface area contributed by atoms with Crippen molar-refractivity contribution in [2.75, 3.05) is 0 Å². The van der Waals surface area contributed by atoms with Crippen molar-refractivity contribution in [3.63, 3.8) is 0 Å².